The first-order valence-corrected chi connectivity index (χ1v) is 9.11. The van der Waals surface area contributed by atoms with E-state index in [-0.39, 0.29) is 28.5 Å². The molecule has 8 nitrogen and oxygen atoms in total. The fourth-order valence-corrected chi connectivity index (χ4v) is 3.83. The number of rotatable bonds is 3. The Hall–Kier alpha value is -3.59. The summed E-state index contributed by atoms with van der Waals surface area (Å²) in [5.41, 5.74) is 2.09. The van der Waals surface area contributed by atoms with Crippen LogP contribution in [0.1, 0.15) is 38.0 Å². The van der Waals surface area contributed by atoms with Crippen LogP contribution >= 0.6 is 11.3 Å². The summed E-state index contributed by atoms with van der Waals surface area (Å²) in [6.45, 7) is 1.43. The van der Waals surface area contributed by atoms with E-state index in [2.05, 4.69) is 15.6 Å². The maximum Gasteiger partial charge on any atom is 0.261 e. The number of hydrogen-bond acceptors (Lipinski definition) is 6. The minimum absolute atomic E-state index is 0.173. The van der Waals surface area contributed by atoms with Gasteiger partial charge in [0, 0.05) is 25.2 Å². The molecule has 4 amide bonds. The zero-order valence-electron chi connectivity index (χ0n) is 14.9. The Balaban J connectivity index is 1.58. The van der Waals surface area contributed by atoms with Gasteiger partial charge in [0.05, 0.1) is 21.3 Å². The monoisotopic (exact) mass is 394 g/mol. The fraction of sp³-hybridized carbons (Fsp3) is 0.105. The van der Waals surface area contributed by atoms with E-state index in [1.165, 1.54) is 43.5 Å². The molecule has 3 aromatic rings. The van der Waals surface area contributed by atoms with Gasteiger partial charge in [-0.15, -0.1) is 0 Å². The number of carbonyl (C=O) groups is 4. The van der Waals surface area contributed by atoms with Crippen LogP contribution in [0.5, 0.6) is 0 Å². The van der Waals surface area contributed by atoms with Crippen molar-refractivity contribution in [3.8, 4) is 0 Å². The van der Waals surface area contributed by atoms with Gasteiger partial charge in [0.25, 0.3) is 17.7 Å². The zero-order valence-corrected chi connectivity index (χ0v) is 15.7. The Kier molecular flexibility index (Phi) is 4.16. The molecule has 2 aromatic carbocycles. The summed E-state index contributed by atoms with van der Waals surface area (Å²) in [6.07, 6.45) is 0. The van der Waals surface area contributed by atoms with E-state index >= 15 is 0 Å². The second-order valence-corrected chi connectivity index (χ2v) is 7.30. The normalized spacial score (nSPS) is 13.0. The number of imide groups is 1. The third-order valence-corrected chi connectivity index (χ3v) is 5.21. The molecule has 0 fully saturated rings. The van der Waals surface area contributed by atoms with Crippen molar-refractivity contribution < 1.29 is 19.2 Å². The number of thiazole rings is 1. The van der Waals surface area contributed by atoms with Crippen molar-refractivity contribution in [2.75, 3.05) is 17.7 Å². The number of nitrogens with zero attached hydrogens (tertiary/aromatic N) is 2. The van der Waals surface area contributed by atoms with Gasteiger partial charge in [-0.1, -0.05) is 11.3 Å². The quantitative estimate of drug-likeness (QED) is 0.664. The molecular formula is C19H14N4O4S. The number of nitrogens with one attached hydrogen (secondary N) is 2. The van der Waals surface area contributed by atoms with E-state index in [4.69, 9.17) is 0 Å². The summed E-state index contributed by atoms with van der Waals surface area (Å²) in [5.74, 6) is -1.42. The molecule has 2 heterocycles. The highest BCUT2D eigenvalue weighted by Gasteiger charge is 2.33. The van der Waals surface area contributed by atoms with Crippen LogP contribution in [0.15, 0.2) is 36.4 Å². The van der Waals surface area contributed by atoms with Gasteiger partial charge >= 0.3 is 0 Å². The van der Waals surface area contributed by atoms with E-state index in [0.29, 0.717) is 16.3 Å². The van der Waals surface area contributed by atoms with Crippen LogP contribution in [0.25, 0.3) is 10.2 Å². The molecule has 1 aliphatic rings. The van der Waals surface area contributed by atoms with Crippen LogP contribution in [-0.4, -0.2) is 40.6 Å². The maximum absolute atomic E-state index is 12.6. The summed E-state index contributed by atoms with van der Waals surface area (Å²) < 4.78 is 0.804. The molecule has 0 atom stereocenters. The highest BCUT2D eigenvalue weighted by atomic mass is 32.1. The third kappa shape index (κ3) is 3.01. The molecule has 0 saturated carbocycles. The van der Waals surface area contributed by atoms with Crippen molar-refractivity contribution >= 4 is 56.0 Å². The van der Waals surface area contributed by atoms with Gasteiger partial charge < -0.3 is 5.32 Å². The van der Waals surface area contributed by atoms with Crippen molar-refractivity contribution in [1.82, 2.24) is 9.88 Å². The summed E-state index contributed by atoms with van der Waals surface area (Å²) in [6, 6.07) is 9.65. The number of amides is 4. The highest BCUT2D eigenvalue weighted by Crippen LogP contribution is 2.29. The van der Waals surface area contributed by atoms with Gasteiger partial charge in [-0.05, 0) is 36.4 Å². The molecule has 1 aliphatic heterocycles. The van der Waals surface area contributed by atoms with Gasteiger partial charge in [-0.25, -0.2) is 4.98 Å². The molecule has 0 spiro atoms. The Labute approximate surface area is 163 Å². The average Bonchev–Trinajstić information content (AvgIpc) is 3.15. The number of carbonyl (C=O) groups excluding carboxylic acids is 4. The Morgan fingerprint density at radius 1 is 1.00 bits per heavy atom. The third-order valence-electron chi connectivity index (χ3n) is 4.28. The second-order valence-electron chi connectivity index (χ2n) is 6.27. The fourth-order valence-electron chi connectivity index (χ4n) is 2.93. The van der Waals surface area contributed by atoms with Crippen LogP contribution in [0.4, 0.5) is 10.8 Å². The topological polar surface area (TPSA) is 108 Å². The largest absolute Gasteiger partial charge is 0.326 e. The Bertz CT molecular complexity index is 1180. The van der Waals surface area contributed by atoms with E-state index in [1.807, 2.05) is 0 Å². The van der Waals surface area contributed by atoms with E-state index < -0.39 is 11.8 Å². The molecule has 28 heavy (non-hydrogen) atoms. The van der Waals surface area contributed by atoms with Crippen LogP contribution in [-0.2, 0) is 4.79 Å². The molecule has 4 rings (SSSR count). The lowest BCUT2D eigenvalue weighted by atomic mass is 10.1. The van der Waals surface area contributed by atoms with Crippen molar-refractivity contribution in [1.29, 1.82) is 0 Å². The van der Waals surface area contributed by atoms with Crippen LogP contribution < -0.4 is 10.6 Å². The summed E-state index contributed by atoms with van der Waals surface area (Å²) in [4.78, 5) is 53.2. The first-order chi connectivity index (χ1) is 13.3. The first kappa shape index (κ1) is 17.8. The molecule has 2 N–H and O–H groups in total. The number of fused-ring (bicyclic) bond motifs is 2. The molecule has 0 unspecified atom stereocenters. The van der Waals surface area contributed by atoms with E-state index in [9.17, 15) is 19.2 Å². The lowest BCUT2D eigenvalue weighted by Gasteiger charge is -2.03. The number of hydrogen-bond donors (Lipinski definition) is 2. The number of benzene rings is 2. The summed E-state index contributed by atoms with van der Waals surface area (Å²) in [7, 11) is 1.40. The summed E-state index contributed by atoms with van der Waals surface area (Å²) >= 11 is 1.26. The lowest BCUT2D eigenvalue weighted by Crippen LogP contribution is -2.24. The molecule has 1 aromatic heterocycles. The summed E-state index contributed by atoms with van der Waals surface area (Å²) in [5, 5.41) is 5.79. The second kappa shape index (κ2) is 6.54. The van der Waals surface area contributed by atoms with Crippen molar-refractivity contribution in [2.45, 2.75) is 6.92 Å². The average molecular weight is 394 g/mol. The molecule has 0 bridgehead atoms. The Morgan fingerprint density at radius 2 is 1.75 bits per heavy atom. The smallest absolute Gasteiger partial charge is 0.261 e. The van der Waals surface area contributed by atoms with E-state index in [1.54, 1.807) is 18.2 Å². The first-order valence-electron chi connectivity index (χ1n) is 8.29. The molecule has 0 aliphatic carbocycles. The molecule has 9 heteroatoms. The van der Waals surface area contributed by atoms with E-state index in [0.717, 1.165) is 9.60 Å². The van der Waals surface area contributed by atoms with Crippen LogP contribution in [0.3, 0.4) is 0 Å². The lowest BCUT2D eigenvalue weighted by molar-refractivity contribution is -0.114. The number of anilines is 2. The van der Waals surface area contributed by atoms with Crippen molar-refractivity contribution in [2.24, 2.45) is 0 Å². The molecule has 0 saturated heterocycles. The molecule has 140 valence electrons. The van der Waals surface area contributed by atoms with Crippen LogP contribution in [0.2, 0.25) is 0 Å². The van der Waals surface area contributed by atoms with Crippen LogP contribution in [0, 0.1) is 0 Å². The van der Waals surface area contributed by atoms with Gasteiger partial charge in [-0.3, -0.25) is 29.4 Å². The minimum atomic E-state index is -0.432. The molecular weight excluding hydrogens is 380 g/mol. The predicted molar refractivity (Wildman–Crippen MR) is 105 cm³/mol. The van der Waals surface area contributed by atoms with Crippen molar-refractivity contribution in [3.63, 3.8) is 0 Å². The zero-order chi connectivity index (χ0) is 20.0. The minimum Gasteiger partial charge on any atom is -0.326 e. The SMILES string of the molecule is CC(=O)Nc1ccc2nc(NC(=O)c3ccc4c(c3)C(=O)N(C)C4=O)sc2c1. The maximum atomic E-state index is 12.6. The Morgan fingerprint density at radius 3 is 2.50 bits per heavy atom. The van der Waals surface area contributed by atoms with Gasteiger partial charge in [-0.2, -0.15) is 0 Å². The van der Waals surface area contributed by atoms with Crippen molar-refractivity contribution in [3.05, 3.63) is 53.1 Å². The number of aromatic nitrogens is 1. The van der Waals surface area contributed by atoms with Gasteiger partial charge in [0.2, 0.25) is 5.91 Å². The highest BCUT2D eigenvalue weighted by molar-refractivity contribution is 7.22. The molecule has 0 radical (unpaired) electrons. The standard InChI is InChI=1S/C19H14N4O4S/c1-9(24)20-11-4-6-14-15(8-11)28-19(21-14)22-16(25)10-3-5-12-13(7-10)18(27)23(2)17(12)26/h3-8H,1-2H3,(H,20,24)(H,21,22,25). The van der Waals surface area contributed by atoms with Gasteiger partial charge in [0.1, 0.15) is 0 Å². The van der Waals surface area contributed by atoms with Gasteiger partial charge in [0.15, 0.2) is 5.13 Å². The predicted octanol–water partition coefficient (Wildman–Crippen LogP) is 2.73.